The molecule has 1 fully saturated rings. The molecule has 2 aromatic heterocycles. The fourth-order valence-corrected chi connectivity index (χ4v) is 2.64. The van der Waals surface area contributed by atoms with Gasteiger partial charge in [0.25, 0.3) is 0 Å². The number of likely N-dealkylation sites (N-methyl/N-ethyl adjacent to an activating group) is 1. The van der Waals surface area contributed by atoms with E-state index in [9.17, 15) is 0 Å². The Morgan fingerprint density at radius 2 is 2.28 bits per heavy atom. The number of nitrogens with zero attached hydrogens (tertiary/aromatic N) is 3. The second-order valence-corrected chi connectivity index (χ2v) is 5.02. The predicted octanol–water partition coefficient (Wildman–Crippen LogP) is 2.28. The van der Waals surface area contributed by atoms with Crippen molar-refractivity contribution in [3.05, 3.63) is 36.2 Å². The maximum Gasteiger partial charge on any atom is 0.0883 e. The molecule has 3 rings (SSSR count). The highest BCUT2D eigenvalue weighted by Crippen LogP contribution is 2.26. The molecule has 0 radical (unpaired) electrons. The van der Waals surface area contributed by atoms with Gasteiger partial charge in [-0.15, -0.1) is 0 Å². The van der Waals surface area contributed by atoms with Gasteiger partial charge in [-0.2, -0.15) is 5.10 Å². The smallest absolute Gasteiger partial charge is 0.0883 e. The third-order valence-electron chi connectivity index (χ3n) is 3.59. The Morgan fingerprint density at radius 1 is 1.33 bits per heavy atom. The summed E-state index contributed by atoms with van der Waals surface area (Å²) in [5, 5.41) is 6.95. The van der Waals surface area contributed by atoms with Crippen molar-refractivity contribution in [2.24, 2.45) is 0 Å². The molecule has 2 aromatic rings. The molecule has 0 unspecified atom stereocenters. The SMILES string of the molecule is CN1CCC[C@@H](c2cccc(-c3ccn[nH]3)n2)C1. The van der Waals surface area contributed by atoms with E-state index in [2.05, 4.69) is 34.3 Å². The first-order chi connectivity index (χ1) is 8.83. The number of H-pyrrole nitrogens is 1. The minimum Gasteiger partial charge on any atom is -0.306 e. The molecule has 4 nitrogen and oxygen atoms in total. The number of aromatic nitrogens is 3. The van der Waals surface area contributed by atoms with Gasteiger partial charge >= 0.3 is 0 Å². The van der Waals surface area contributed by atoms with Gasteiger partial charge in [-0.3, -0.25) is 10.1 Å². The van der Waals surface area contributed by atoms with Crippen LogP contribution in [0.25, 0.3) is 11.4 Å². The van der Waals surface area contributed by atoms with Gasteiger partial charge in [-0.1, -0.05) is 6.07 Å². The van der Waals surface area contributed by atoms with Gasteiger partial charge in [0.05, 0.1) is 11.4 Å². The first-order valence-electron chi connectivity index (χ1n) is 6.48. The van der Waals surface area contributed by atoms with E-state index in [0.717, 1.165) is 17.9 Å². The lowest BCUT2D eigenvalue weighted by molar-refractivity contribution is 0.248. The minimum atomic E-state index is 0.562. The lowest BCUT2D eigenvalue weighted by Gasteiger charge is -2.29. The van der Waals surface area contributed by atoms with Gasteiger partial charge in [-0.05, 0) is 44.6 Å². The molecular formula is C14H18N4. The number of rotatable bonds is 2. The fourth-order valence-electron chi connectivity index (χ4n) is 2.64. The molecule has 18 heavy (non-hydrogen) atoms. The standard InChI is InChI=1S/C14H18N4/c1-18-9-3-4-11(10-18)12-5-2-6-13(16-12)14-7-8-15-17-14/h2,5-8,11H,3-4,9-10H2,1H3,(H,15,17)/t11-/m1/s1. The zero-order chi connectivity index (χ0) is 12.4. The Morgan fingerprint density at radius 3 is 3.06 bits per heavy atom. The molecule has 1 atom stereocenters. The number of likely N-dealkylation sites (tertiary alicyclic amines) is 1. The fraction of sp³-hybridized carbons (Fsp3) is 0.429. The van der Waals surface area contributed by atoms with Crippen LogP contribution in [0.5, 0.6) is 0 Å². The lowest BCUT2D eigenvalue weighted by atomic mass is 9.94. The first-order valence-corrected chi connectivity index (χ1v) is 6.48. The van der Waals surface area contributed by atoms with Gasteiger partial charge in [0.15, 0.2) is 0 Å². The third-order valence-corrected chi connectivity index (χ3v) is 3.59. The van der Waals surface area contributed by atoms with E-state index >= 15 is 0 Å². The molecule has 4 heteroatoms. The molecule has 0 aromatic carbocycles. The first kappa shape index (κ1) is 11.4. The molecule has 0 saturated carbocycles. The summed E-state index contributed by atoms with van der Waals surface area (Å²) < 4.78 is 0. The average Bonchev–Trinajstić information content (AvgIpc) is 2.93. The highest BCUT2D eigenvalue weighted by molar-refractivity contribution is 5.53. The van der Waals surface area contributed by atoms with Crippen LogP contribution in [0.4, 0.5) is 0 Å². The van der Waals surface area contributed by atoms with Gasteiger partial charge in [0.2, 0.25) is 0 Å². The van der Waals surface area contributed by atoms with E-state index in [0.29, 0.717) is 5.92 Å². The molecular weight excluding hydrogens is 224 g/mol. The Bertz CT molecular complexity index is 506. The van der Waals surface area contributed by atoms with E-state index in [-0.39, 0.29) is 0 Å². The summed E-state index contributed by atoms with van der Waals surface area (Å²) >= 11 is 0. The number of nitrogens with one attached hydrogen (secondary N) is 1. The zero-order valence-electron chi connectivity index (χ0n) is 10.6. The average molecular weight is 242 g/mol. The lowest BCUT2D eigenvalue weighted by Crippen LogP contribution is -2.31. The van der Waals surface area contributed by atoms with Crippen molar-refractivity contribution in [2.75, 3.05) is 20.1 Å². The van der Waals surface area contributed by atoms with Crippen LogP contribution in [0, 0.1) is 0 Å². The second kappa shape index (κ2) is 4.90. The highest BCUT2D eigenvalue weighted by Gasteiger charge is 2.20. The molecule has 0 aliphatic carbocycles. The van der Waals surface area contributed by atoms with Crippen LogP contribution in [0.3, 0.4) is 0 Å². The number of pyridine rings is 1. The van der Waals surface area contributed by atoms with Gasteiger partial charge < -0.3 is 4.90 Å². The second-order valence-electron chi connectivity index (χ2n) is 5.02. The van der Waals surface area contributed by atoms with E-state index in [1.165, 1.54) is 25.1 Å². The van der Waals surface area contributed by atoms with E-state index in [1.807, 2.05) is 12.1 Å². The summed E-state index contributed by atoms with van der Waals surface area (Å²) in [4.78, 5) is 7.16. The summed E-state index contributed by atoms with van der Waals surface area (Å²) in [7, 11) is 2.19. The van der Waals surface area contributed by atoms with Gasteiger partial charge in [0, 0.05) is 24.4 Å². The number of hydrogen-bond donors (Lipinski definition) is 1. The molecule has 1 saturated heterocycles. The van der Waals surface area contributed by atoms with Gasteiger partial charge in [0.1, 0.15) is 0 Å². The Labute approximate surface area is 107 Å². The summed E-state index contributed by atoms with van der Waals surface area (Å²) in [6, 6.07) is 8.22. The normalized spacial score (nSPS) is 21.1. The maximum absolute atomic E-state index is 4.78. The molecule has 1 aliphatic rings. The van der Waals surface area contributed by atoms with Crippen LogP contribution >= 0.6 is 0 Å². The van der Waals surface area contributed by atoms with Crippen molar-refractivity contribution in [1.82, 2.24) is 20.1 Å². The van der Waals surface area contributed by atoms with Crippen LogP contribution in [0.2, 0.25) is 0 Å². The molecule has 1 aliphatic heterocycles. The third kappa shape index (κ3) is 2.29. The summed E-state index contributed by atoms with van der Waals surface area (Å²) in [6.07, 6.45) is 4.26. The van der Waals surface area contributed by atoms with Crippen LogP contribution < -0.4 is 0 Å². The van der Waals surface area contributed by atoms with E-state index in [4.69, 9.17) is 4.98 Å². The highest BCUT2D eigenvalue weighted by atomic mass is 15.1. The number of hydrogen-bond acceptors (Lipinski definition) is 3. The monoisotopic (exact) mass is 242 g/mol. The van der Waals surface area contributed by atoms with Crippen molar-refractivity contribution in [3.8, 4) is 11.4 Å². The predicted molar refractivity (Wildman–Crippen MR) is 71.3 cm³/mol. The van der Waals surface area contributed by atoms with E-state index in [1.54, 1.807) is 6.20 Å². The van der Waals surface area contributed by atoms with E-state index < -0.39 is 0 Å². The molecule has 94 valence electrons. The van der Waals surface area contributed by atoms with Crippen LogP contribution in [0.15, 0.2) is 30.5 Å². The zero-order valence-corrected chi connectivity index (χ0v) is 10.6. The van der Waals surface area contributed by atoms with Crippen LogP contribution in [-0.4, -0.2) is 40.2 Å². The van der Waals surface area contributed by atoms with Crippen molar-refractivity contribution >= 4 is 0 Å². The van der Waals surface area contributed by atoms with Crippen molar-refractivity contribution in [3.63, 3.8) is 0 Å². The van der Waals surface area contributed by atoms with Crippen molar-refractivity contribution in [1.29, 1.82) is 0 Å². The Hall–Kier alpha value is -1.68. The molecule has 0 bridgehead atoms. The summed E-state index contributed by atoms with van der Waals surface area (Å²) in [5.41, 5.74) is 3.17. The Kier molecular flexibility index (Phi) is 3.11. The van der Waals surface area contributed by atoms with Crippen molar-refractivity contribution in [2.45, 2.75) is 18.8 Å². The largest absolute Gasteiger partial charge is 0.306 e. The minimum absolute atomic E-state index is 0.562. The van der Waals surface area contributed by atoms with Crippen molar-refractivity contribution < 1.29 is 0 Å². The van der Waals surface area contributed by atoms with Crippen LogP contribution in [0.1, 0.15) is 24.5 Å². The number of aromatic amines is 1. The molecule has 0 amide bonds. The van der Waals surface area contributed by atoms with Crippen LogP contribution in [-0.2, 0) is 0 Å². The van der Waals surface area contributed by atoms with Gasteiger partial charge in [-0.25, -0.2) is 0 Å². The topological polar surface area (TPSA) is 44.8 Å². The summed E-state index contributed by atoms with van der Waals surface area (Å²) in [5.74, 6) is 0.562. The quantitative estimate of drug-likeness (QED) is 0.878. The maximum atomic E-state index is 4.78. The Balaban J connectivity index is 1.86. The molecule has 0 spiro atoms. The molecule has 3 heterocycles. The molecule has 1 N–H and O–H groups in total. The number of piperidine rings is 1. The summed E-state index contributed by atoms with van der Waals surface area (Å²) in [6.45, 7) is 2.32.